The fourth-order valence-electron chi connectivity index (χ4n) is 5.06. The van der Waals surface area contributed by atoms with Gasteiger partial charge in [0, 0.05) is 37.0 Å². The quantitative estimate of drug-likeness (QED) is 0.0870. The van der Waals surface area contributed by atoms with Gasteiger partial charge in [-0.05, 0) is 70.8 Å². The second kappa shape index (κ2) is 14.6. The molecule has 1 aliphatic heterocycles. The molecule has 4 heterocycles. The Hall–Kier alpha value is -3.99. The summed E-state index contributed by atoms with van der Waals surface area (Å²) in [5.41, 5.74) is 2.82. The van der Waals surface area contributed by atoms with Crippen LogP contribution in [-0.4, -0.2) is 72.0 Å². The summed E-state index contributed by atoms with van der Waals surface area (Å²) in [5, 5.41) is 14.6. The number of nitriles is 1. The number of rotatable bonds is 9. The number of carbonyl (C=O) groups is 1. The predicted octanol–water partition coefficient (Wildman–Crippen LogP) is 6.34. The van der Waals surface area contributed by atoms with E-state index in [1.165, 1.54) is 0 Å². The molecule has 1 atom stereocenters. The SMILES string of the molecule is CC(=NC1CCN(C(=O)OC(C)(C)C)CC1)/C(=N\N)c1cc(OC(CO[Si](C)(C)C(C)(C)C)c2ccc(Cl)cn2)[n+]2c(C#N)c[nH]c2c1. The fraction of sp³-hybridized carbons (Fsp3) is 0.529. The Morgan fingerprint density at radius 2 is 1.92 bits per heavy atom. The van der Waals surface area contributed by atoms with Crippen molar-refractivity contribution in [3.05, 3.63) is 58.6 Å². The van der Waals surface area contributed by atoms with E-state index in [1.807, 2.05) is 39.8 Å². The molecule has 12 nitrogen and oxygen atoms in total. The Kier molecular flexibility index (Phi) is 11.2. The van der Waals surface area contributed by atoms with Crippen molar-refractivity contribution in [2.75, 3.05) is 19.7 Å². The molecule has 0 bridgehead atoms. The van der Waals surface area contributed by atoms with Crippen molar-refractivity contribution in [2.24, 2.45) is 15.9 Å². The maximum Gasteiger partial charge on any atom is 0.410 e. The van der Waals surface area contributed by atoms with Crippen LogP contribution in [0.2, 0.25) is 23.2 Å². The number of aliphatic imine (C=N–C) groups is 1. The van der Waals surface area contributed by atoms with Crippen LogP contribution in [0.15, 0.2) is 46.8 Å². The highest BCUT2D eigenvalue weighted by Gasteiger charge is 2.38. The number of imidazole rings is 1. The average Bonchev–Trinajstić information content (AvgIpc) is 3.42. The van der Waals surface area contributed by atoms with E-state index >= 15 is 0 Å². The second-order valence-corrected chi connectivity index (χ2v) is 19.8. The smallest absolute Gasteiger partial charge is 0.410 e. The molecule has 3 aromatic rings. The van der Waals surface area contributed by atoms with Gasteiger partial charge in [0.05, 0.1) is 29.1 Å². The van der Waals surface area contributed by atoms with E-state index in [0.717, 1.165) is 0 Å². The first kappa shape index (κ1) is 36.8. The molecule has 1 fully saturated rings. The van der Waals surface area contributed by atoms with Gasteiger partial charge in [-0.25, -0.2) is 9.78 Å². The number of H-pyrrole nitrogens is 1. The molecule has 3 aromatic heterocycles. The fourth-order valence-corrected chi connectivity index (χ4v) is 6.17. The van der Waals surface area contributed by atoms with Crippen molar-refractivity contribution in [1.29, 1.82) is 5.26 Å². The van der Waals surface area contributed by atoms with Crippen molar-refractivity contribution >= 4 is 43.1 Å². The summed E-state index contributed by atoms with van der Waals surface area (Å²) in [6.45, 7) is 19.7. The van der Waals surface area contributed by atoms with Gasteiger partial charge in [0.15, 0.2) is 14.4 Å². The van der Waals surface area contributed by atoms with Crippen molar-refractivity contribution < 1.29 is 23.1 Å². The number of hydrogen-bond acceptors (Lipinski definition) is 9. The lowest BCUT2D eigenvalue weighted by molar-refractivity contribution is -0.525. The minimum atomic E-state index is -2.16. The van der Waals surface area contributed by atoms with Gasteiger partial charge in [0.1, 0.15) is 23.6 Å². The Morgan fingerprint density at radius 3 is 2.48 bits per heavy atom. The number of fused-ring (bicyclic) bond motifs is 1. The molecule has 0 aromatic carbocycles. The van der Waals surface area contributed by atoms with E-state index in [1.54, 1.807) is 33.8 Å². The van der Waals surface area contributed by atoms with Crippen molar-refractivity contribution in [1.82, 2.24) is 14.9 Å². The number of nitrogens with zero attached hydrogens (tertiary/aromatic N) is 6. The molecule has 48 heavy (non-hydrogen) atoms. The van der Waals surface area contributed by atoms with E-state index in [9.17, 15) is 10.1 Å². The number of nitrogens with two attached hydrogens (primary N) is 1. The largest absolute Gasteiger partial charge is 0.450 e. The standard InChI is InChI=1S/C34H47ClN8O4Si/c1-22(40-25-12-14-42(15-13-25)32(44)47-33(2,3)4)31(41-37)23-16-29-39-20-26(18-36)43(29)30(17-23)46-28(27-11-10-24(35)19-38-27)21-45-48(8,9)34(5,6)7/h10-11,16-17,19-20,25,28H,12-15,21H2,1-9H3,(H2,37,39,40)/p+1. The lowest BCUT2D eigenvalue weighted by atomic mass is 10.0. The highest BCUT2D eigenvalue weighted by Crippen LogP contribution is 2.37. The second-order valence-electron chi connectivity index (χ2n) is 14.6. The zero-order chi connectivity index (χ0) is 35.4. The van der Waals surface area contributed by atoms with Gasteiger partial charge in [0.2, 0.25) is 0 Å². The number of pyridine rings is 2. The number of nitrogens with one attached hydrogen (secondary N) is 1. The number of halogens is 1. The van der Waals surface area contributed by atoms with E-state index in [0.29, 0.717) is 70.9 Å². The summed E-state index contributed by atoms with van der Waals surface area (Å²) in [6, 6.07) is 9.44. The first-order valence-electron chi connectivity index (χ1n) is 16.1. The lowest BCUT2D eigenvalue weighted by Gasteiger charge is -2.37. The van der Waals surface area contributed by atoms with Gasteiger partial charge in [-0.2, -0.15) is 10.4 Å². The van der Waals surface area contributed by atoms with Crippen LogP contribution in [0.25, 0.3) is 5.65 Å². The summed E-state index contributed by atoms with van der Waals surface area (Å²) in [5.74, 6) is 6.36. The number of piperidine rings is 1. The summed E-state index contributed by atoms with van der Waals surface area (Å²) in [7, 11) is -2.16. The van der Waals surface area contributed by atoms with Gasteiger partial charge >= 0.3 is 6.09 Å². The maximum absolute atomic E-state index is 12.5. The topological polar surface area (TPSA) is 155 Å². The number of aromatic amines is 1. The van der Waals surface area contributed by atoms with E-state index in [-0.39, 0.29) is 23.8 Å². The molecule has 1 unspecified atom stereocenters. The third-order valence-electron chi connectivity index (χ3n) is 8.73. The number of hydrogen-bond donors (Lipinski definition) is 2. The molecule has 0 radical (unpaired) electrons. The number of likely N-dealkylation sites (tertiary alicyclic amines) is 1. The Labute approximate surface area is 289 Å². The molecule has 1 saturated heterocycles. The Bertz CT molecular complexity index is 1710. The molecule has 0 saturated carbocycles. The zero-order valence-electron chi connectivity index (χ0n) is 29.4. The van der Waals surface area contributed by atoms with Gasteiger partial charge < -0.3 is 24.6 Å². The molecule has 3 N–H and O–H groups in total. The maximum atomic E-state index is 12.5. The molecule has 4 rings (SSSR count). The first-order chi connectivity index (χ1) is 22.4. The molecular formula is C34H48ClN8O4Si+. The van der Waals surface area contributed by atoms with Crippen LogP contribution >= 0.6 is 11.6 Å². The summed E-state index contributed by atoms with van der Waals surface area (Å²) < 4.78 is 20.5. The zero-order valence-corrected chi connectivity index (χ0v) is 31.2. The average molecular weight is 696 g/mol. The highest BCUT2D eigenvalue weighted by atomic mass is 35.5. The molecular weight excluding hydrogens is 648 g/mol. The minimum Gasteiger partial charge on any atom is -0.450 e. The van der Waals surface area contributed by atoms with E-state index < -0.39 is 20.0 Å². The third-order valence-corrected chi connectivity index (χ3v) is 13.5. The van der Waals surface area contributed by atoms with Gasteiger partial charge in [-0.3, -0.25) is 9.98 Å². The van der Waals surface area contributed by atoms with Crippen molar-refractivity contribution in [3.63, 3.8) is 0 Å². The van der Waals surface area contributed by atoms with Gasteiger partial charge in [0.25, 0.3) is 17.2 Å². The number of amides is 1. The molecule has 258 valence electrons. The molecule has 0 spiro atoms. The van der Waals surface area contributed by atoms with Crippen LogP contribution < -0.4 is 15.0 Å². The molecule has 1 aliphatic rings. The summed E-state index contributed by atoms with van der Waals surface area (Å²) in [6.07, 6.45) is 3.63. The van der Waals surface area contributed by atoms with Crippen LogP contribution in [0.4, 0.5) is 4.79 Å². The number of carbonyl (C=O) groups excluding carboxylic acids is 1. The molecule has 14 heteroatoms. The number of hydrazone groups is 1. The summed E-state index contributed by atoms with van der Waals surface area (Å²) >= 11 is 6.17. The van der Waals surface area contributed by atoms with Gasteiger partial charge in [-0.15, -0.1) is 4.40 Å². The van der Waals surface area contributed by atoms with Crippen LogP contribution in [0.3, 0.4) is 0 Å². The highest BCUT2D eigenvalue weighted by molar-refractivity contribution is 6.74. The minimum absolute atomic E-state index is 0.0159. The predicted molar refractivity (Wildman–Crippen MR) is 189 cm³/mol. The van der Waals surface area contributed by atoms with Crippen molar-refractivity contribution in [2.45, 2.75) is 97.2 Å². The lowest BCUT2D eigenvalue weighted by Crippen LogP contribution is -2.42. The Morgan fingerprint density at radius 1 is 1.23 bits per heavy atom. The van der Waals surface area contributed by atoms with Crippen LogP contribution in [-0.2, 0) is 9.16 Å². The first-order valence-corrected chi connectivity index (χ1v) is 19.4. The third kappa shape index (κ3) is 8.92. The molecule has 0 aliphatic carbocycles. The Balaban J connectivity index is 1.65. The van der Waals surface area contributed by atoms with E-state index in [2.05, 4.69) is 55.0 Å². The van der Waals surface area contributed by atoms with E-state index in [4.69, 9.17) is 36.3 Å². The van der Waals surface area contributed by atoms with Crippen LogP contribution in [0, 0.1) is 11.3 Å². The summed E-state index contributed by atoms with van der Waals surface area (Å²) in [4.78, 5) is 26.9. The number of aromatic nitrogens is 3. The van der Waals surface area contributed by atoms with Crippen LogP contribution in [0.1, 0.15) is 84.4 Å². The van der Waals surface area contributed by atoms with Gasteiger partial charge in [-0.1, -0.05) is 32.4 Å². The normalized spacial score (nSPS) is 16.1. The number of ether oxygens (including phenoxy) is 2. The van der Waals surface area contributed by atoms with Crippen molar-refractivity contribution in [3.8, 4) is 11.9 Å². The molecule has 1 amide bonds. The van der Waals surface area contributed by atoms with Crippen LogP contribution in [0.5, 0.6) is 5.88 Å². The monoisotopic (exact) mass is 695 g/mol.